The molecule has 1 saturated heterocycles. The van der Waals surface area contributed by atoms with Crippen molar-refractivity contribution in [2.45, 2.75) is 19.3 Å². The van der Waals surface area contributed by atoms with E-state index in [1.54, 1.807) is 30.3 Å². The molecular weight excluding hydrogens is 376 g/mol. The maximum absolute atomic E-state index is 12.7. The number of hydrogen-bond donors (Lipinski definition) is 0. The number of Topliss-reactive ketones (excluding diaryl/α,β-unsaturated/α-hetero) is 1. The highest BCUT2D eigenvalue weighted by molar-refractivity contribution is 6.01. The highest BCUT2D eigenvalue weighted by atomic mass is 16.6. The monoisotopic (exact) mass is 398 g/mol. The molecule has 152 valence electrons. The third-order valence-corrected chi connectivity index (χ3v) is 4.83. The first-order valence-corrected chi connectivity index (χ1v) is 9.37. The lowest BCUT2D eigenvalue weighted by Gasteiger charge is -2.30. The summed E-state index contributed by atoms with van der Waals surface area (Å²) in [6.07, 6.45) is 3.08. The molecule has 0 saturated carbocycles. The van der Waals surface area contributed by atoms with Crippen LogP contribution in [0.15, 0.2) is 42.5 Å². The lowest BCUT2D eigenvalue weighted by molar-refractivity contribution is -0.384. The van der Waals surface area contributed by atoms with Gasteiger partial charge in [0.15, 0.2) is 12.4 Å². The van der Waals surface area contributed by atoms with Crippen LogP contribution in [0.5, 0.6) is 5.75 Å². The van der Waals surface area contributed by atoms with Crippen molar-refractivity contribution in [2.24, 2.45) is 0 Å². The lowest BCUT2D eigenvalue weighted by atomic mass is 10.1. The number of nitro groups is 1. The Morgan fingerprint density at radius 2 is 1.86 bits per heavy atom. The summed E-state index contributed by atoms with van der Waals surface area (Å²) in [7, 11) is 1.49. The van der Waals surface area contributed by atoms with Crippen LogP contribution in [0, 0.1) is 10.1 Å². The molecule has 8 nitrogen and oxygen atoms in total. The number of benzene rings is 2. The summed E-state index contributed by atoms with van der Waals surface area (Å²) < 4.78 is 10.3. The molecule has 0 amide bonds. The molecular formula is C21H22N2O6. The number of ketones is 1. The fourth-order valence-electron chi connectivity index (χ4n) is 3.30. The van der Waals surface area contributed by atoms with Crippen LogP contribution in [0.25, 0.3) is 0 Å². The van der Waals surface area contributed by atoms with Gasteiger partial charge in [-0.2, -0.15) is 0 Å². The summed E-state index contributed by atoms with van der Waals surface area (Å²) in [5.74, 6) is -0.624. The Kier molecular flexibility index (Phi) is 6.43. The molecule has 0 N–H and O–H groups in total. The first-order chi connectivity index (χ1) is 14.0. The molecule has 2 aromatic carbocycles. The third-order valence-electron chi connectivity index (χ3n) is 4.83. The average Bonchev–Trinajstić information content (AvgIpc) is 2.77. The van der Waals surface area contributed by atoms with Crippen molar-refractivity contribution in [2.75, 3.05) is 31.7 Å². The molecule has 0 bridgehead atoms. The summed E-state index contributed by atoms with van der Waals surface area (Å²) in [6, 6.07) is 10.7. The summed E-state index contributed by atoms with van der Waals surface area (Å²) >= 11 is 0. The number of hydrogen-bond acceptors (Lipinski definition) is 7. The zero-order valence-electron chi connectivity index (χ0n) is 16.1. The summed E-state index contributed by atoms with van der Waals surface area (Å²) in [6.45, 7) is 1.07. The maximum atomic E-state index is 12.7. The number of methoxy groups -OCH3 is 1. The van der Waals surface area contributed by atoms with E-state index in [0.717, 1.165) is 32.4 Å². The second-order valence-electron chi connectivity index (χ2n) is 6.74. The molecule has 2 aromatic rings. The number of piperidine rings is 1. The van der Waals surface area contributed by atoms with Crippen molar-refractivity contribution in [1.82, 2.24) is 0 Å². The van der Waals surface area contributed by atoms with Gasteiger partial charge in [-0.3, -0.25) is 14.9 Å². The number of carbonyl (C=O) groups is 2. The van der Waals surface area contributed by atoms with Crippen LogP contribution in [-0.2, 0) is 4.74 Å². The van der Waals surface area contributed by atoms with Crippen molar-refractivity contribution < 1.29 is 24.0 Å². The van der Waals surface area contributed by atoms with Gasteiger partial charge in [0.2, 0.25) is 0 Å². The Labute approximate surface area is 168 Å². The lowest BCUT2D eigenvalue weighted by Crippen LogP contribution is -2.31. The van der Waals surface area contributed by atoms with E-state index in [9.17, 15) is 19.7 Å². The first kappa shape index (κ1) is 20.3. The van der Waals surface area contributed by atoms with Crippen LogP contribution < -0.4 is 9.64 Å². The SMILES string of the molecule is COc1cccc(C(=O)COC(=O)c2cc([N+](=O)[O-])ccc2N2CCCCC2)c1. The Bertz CT molecular complexity index is 921. The Morgan fingerprint density at radius 3 is 2.55 bits per heavy atom. The van der Waals surface area contributed by atoms with Crippen LogP contribution >= 0.6 is 0 Å². The molecule has 0 aromatic heterocycles. The van der Waals surface area contributed by atoms with Crippen LogP contribution in [0.2, 0.25) is 0 Å². The standard InChI is InChI=1S/C21H22N2O6/c1-28-17-7-5-6-15(12-17)20(24)14-29-21(25)18-13-16(23(26)27)8-9-19(18)22-10-3-2-4-11-22/h5-9,12-13H,2-4,10-11,14H2,1H3. The van der Waals surface area contributed by atoms with Gasteiger partial charge >= 0.3 is 5.97 Å². The third kappa shape index (κ3) is 4.90. The molecule has 3 rings (SSSR count). The highest BCUT2D eigenvalue weighted by Gasteiger charge is 2.23. The zero-order chi connectivity index (χ0) is 20.8. The van der Waals surface area contributed by atoms with Crippen molar-refractivity contribution in [1.29, 1.82) is 0 Å². The molecule has 8 heteroatoms. The van der Waals surface area contributed by atoms with Crippen LogP contribution in [-0.4, -0.2) is 43.5 Å². The van der Waals surface area contributed by atoms with E-state index in [1.165, 1.54) is 19.2 Å². The van der Waals surface area contributed by atoms with Gasteiger partial charge < -0.3 is 14.4 Å². The second-order valence-corrected chi connectivity index (χ2v) is 6.74. The van der Waals surface area contributed by atoms with E-state index >= 15 is 0 Å². The number of ether oxygens (including phenoxy) is 2. The quantitative estimate of drug-likeness (QED) is 0.304. The molecule has 0 unspecified atom stereocenters. The Morgan fingerprint density at radius 1 is 1.10 bits per heavy atom. The fraction of sp³-hybridized carbons (Fsp3) is 0.333. The molecule has 0 atom stereocenters. The Balaban J connectivity index is 1.78. The van der Waals surface area contributed by atoms with Crippen molar-refractivity contribution >= 4 is 23.1 Å². The molecule has 1 aliphatic heterocycles. The minimum Gasteiger partial charge on any atom is -0.497 e. The minimum absolute atomic E-state index is 0.0968. The van der Waals surface area contributed by atoms with E-state index in [-0.39, 0.29) is 17.0 Å². The van der Waals surface area contributed by atoms with Crippen molar-refractivity contribution in [3.63, 3.8) is 0 Å². The highest BCUT2D eigenvalue weighted by Crippen LogP contribution is 2.28. The number of carbonyl (C=O) groups excluding carboxylic acids is 2. The number of esters is 1. The van der Waals surface area contributed by atoms with Gasteiger partial charge in [-0.25, -0.2) is 4.79 Å². The Hall–Kier alpha value is -3.42. The maximum Gasteiger partial charge on any atom is 0.340 e. The number of rotatable bonds is 7. The predicted octanol–water partition coefficient (Wildman–Crippen LogP) is 3.63. The summed E-state index contributed by atoms with van der Waals surface area (Å²) in [4.78, 5) is 37.7. The van der Waals surface area contributed by atoms with Crippen LogP contribution in [0.4, 0.5) is 11.4 Å². The molecule has 0 spiro atoms. The van der Waals surface area contributed by atoms with E-state index in [2.05, 4.69) is 0 Å². The van der Waals surface area contributed by atoms with Crippen LogP contribution in [0.1, 0.15) is 40.0 Å². The normalized spacial score (nSPS) is 13.6. The van der Waals surface area contributed by atoms with E-state index < -0.39 is 17.5 Å². The molecule has 0 aliphatic carbocycles. The smallest absolute Gasteiger partial charge is 0.340 e. The fourth-order valence-corrected chi connectivity index (χ4v) is 3.30. The minimum atomic E-state index is -0.759. The van der Waals surface area contributed by atoms with Gasteiger partial charge in [-0.15, -0.1) is 0 Å². The first-order valence-electron chi connectivity index (χ1n) is 9.37. The van der Waals surface area contributed by atoms with E-state index in [0.29, 0.717) is 17.0 Å². The topological polar surface area (TPSA) is 99.0 Å². The summed E-state index contributed by atoms with van der Waals surface area (Å²) in [5.41, 5.74) is 0.845. The van der Waals surface area contributed by atoms with Gasteiger partial charge in [0.25, 0.3) is 5.69 Å². The van der Waals surface area contributed by atoms with E-state index in [4.69, 9.17) is 9.47 Å². The number of non-ortho nitro benzene ring substituents is 1. The second kappa shape index (κ2) is 9.18. The van der Waals surface area contributed by atoms with Crippen molar-refractivity contribution in [3.05, 3.63) is 63.7 Å². The van der Waals surface area contributed by atoms with Crippen molar-refractivity contribution in [3.8, 4) is 5.75 Å². The largest absolute Gasteiger partial charge is 0.497 e. The summed E-state index contributed by atoms with van der Waals surface area (Å²) in [5, 5.41) is 11.1. The molecule has 1 aliphatic rings. The number of nitrogens with zero attached hydrogens (tertiary/aromatic N) is 2. The molecule has 1 fully saturated rings. The molecule has 29 heavy (non-hydrogen) atoms. The average molecular weight is 398 g/mol. The van der Waals surface area contributed by atoms with Crippen LogP contribution in [0.3, 0.4) is 0 Å². The molecule has 1 heterocycles. The molecule has 0 radical (unpaired) electrons. The van der Waals surface area contributed by atoms with Gasteiger partial charge in [0, 0.05) is 30.8 Å². The predicted molar refractivity (Wildman–Crippen MR) is 107 cm³/mol. The zero-order valence-corrected chi connectivity index (χ0v) is 16.1. The van der Waals surface area contributed by atoms with Gasteiger partial charge in [-0.1, -0.05) is 12.1 Å². The van der Waals surface area contributed by atoms with Gasteiger partial charge in [-0.05, 0) is 37.5 Å². The van der Waals surface area contributed by atoms with E-state index in [1.807, 2.05) is 4.90 Å². The van der Waals surface area contributed by atoms with Gasteiger partial charge in [0.05, 0.1) is 23.3 Å². The number of anilines is 1. The number of nitro benzene ring substituents is 1. The van der Waals surface area contributed by atoms with Gasteiger partial charge in [0.1, 0.15) is 5.75 Å².